The van der Waals surface area contributed by atoms with Gasteiger partial charge in [0.15, 0.2) is 0 Å². The first kappa shape index (κ1) is 19.2. The number of amides is 1. The molecule has 0 spiro atoms. The lowest BCUT2D eigenvalue weighted by molar-refractivity contribution is -0.152. The van der Waals surface area contributed by atoms with Crippen LogP contribution >= 0.6 is 0 Å². The minimum atomic E-state index is -0.154. The van der Waals surface area contributed by atoms with Crippen LogP contribution in [0.1, 0.15) is 40.5 Å². The standard InChI is InChI=1S/C18H32N2O4/c1-12(2)16(20-10-13(3)24-14(4)11-20)17(21)19-8-6-15(7-9-19)18(22)23-5/h12-16H,6-11H2,1-5H3. The third-order valence-corrected chi connectivity index (χ3v) is 5.07. The predicted molar refractivity (Wildman–Crippen MR) is 91.5 cm³/mol. The molecule has 0 aromatic heterocycles. The third-order valence-electron chi connectivity index (χ3n) is 5.07. The van der Waals surface area contributed by atoms with Crippen LogP contribution in [0.15, 0.2) is 0 Å². The molecule has 1 amide bonds. The number of ether oxygens (including phenoxy) is 2. The van der Waals surface area contributed by atoms with Gasteiger partial charge in [-0.15, -0.1) is 0 Å². The van der Waals surface area contributed by atoms with Gasteiger partial charge >= 0.3 is 5.97 Å². The van der Waals surface area contributed by atoms with Crippen molar-refractivity contribution in [2.75, 3.05) is 33.3 Å². The van der Waals surface area contributed by atoms with E-state index in [-0.39, 0.29) is 42.0 Å². The summed E-state index contributed by atoms with van der Waals surface area (Å²) in [5, 5.41) is 0. The first-order valence-corrected chi connectivity index (χ1v) is 9.09. The summed E-state index contributed by atoms with van der Waals surface area (Å²) in [5.41, 5.74) is 0. The molecule has 0 saturated carbocycles. The summed E-state index contributed by atoms with van der Waals surface area (Å²) < 4.78 is 10.6. The Bertz CT molecular complexity index is 436. The van der Waals surface area contributed by atoms with Crippen LogP contribution < -0.4 is 0 Å². The van der Waals surface area contributed by atoms with E-state index in [2.05, 4.69) is 32.6 Å². The van der Waals surface area contributed by atoms with Gasteiger partial charge in [0.1, 0.15) is 0 Å². The summed E-state index contributed by atoms with van der Waals surface area (Å²) in [5.74, 6) is 0.210. The Hall–Kier alpha value is -1.14. The molecule has 0 N–H and O–H groups in total. The fourth-order valence-corrected chi connectivity index (χ4v) is 4.00. The summed E-state index contributed by atoms with van der Waals surface area (Å²) >= 11 is 0. The molecule has 2 aliphatic rings. The maximum absolute atomic E-state index is 13.1. The highest BCUT2D eigenvalue weighted by Crippen LogP contribution is 2.24. The van der Waals surface area contributed by atoms with Gasteiger partial charge in [0, 0.05) is 26.2 Å². The molecule has 0 aromatic rings. The fraction of sp³-hybridized carbons (Fsp3) is 0.889. The molecule has 2 rings (SSSR count). The normalized spacial score (nSPS) is 28.0. The quantitative estimate of drug-likeness (QED) is 0.727. The van der Waals surface area contributed by atoms with Gasteiger partial charge in [0.25, 0.3) is 0 Å². The van der Waals surface area contributed by atoms with Crippen molar-refractivity contribution in [3.05, 3.63) is 0 Å². The number of carbonyl (C=O) groups excluding carboxylic acids is 2. The zero-order valence-corrected chi connectivity index (χ0v) is 15.7. The summed E-state index contributed by atoms with van der Waals surface area (Å²) in [6, 6.07) is -0.117. The lowest BCUT2D eigenvalue weighted by Gasteiger charge is -2.43. The Balaban J connectivity index is 2.01. The van der Waals surface area contributed by atoms with Crippen molar-refractivity contribution in [3.63, 3.8) is 0 Å². The molecular formula is C18H32N2O4. The van der Waals surface area contributed by atoms with Gasteiger partial charge in [-0.2, -0.15) is 0 Å². The Morgan fingerprint density at radius 2 is 1.62 bits per heavy atom. The van der Waals surface area contributed by atoms with Gasteiger partial charge in [-0.3, -0.25) is 14.5 Å². The van der Waals surface area contributed by atoms with Gasteiger partial charge in [-0.25, -0.2) is 0 Å². The van der Waals surface area contributed by atoms with Crippen LogP contribution in [0, 0.1) is 11.8 Å². The van der Waals surface area contributed by atoms with Gasteiger partial charge in [-0.05, 0) is 32.6 Å². The zero-order valence-electron chi connectivity index (χ0n) is 15.7. The van der Waals surface area contributed by atoms with E-state index in [0.717, 1.165) is 13.1 Å². The molecular weight excluding hydrogens is 308 g/mol. The SMILES string of the molecule is COC(=O)C1CCN(C(=O)C(C(C)C)N2CC(C)OC(C)C2)CC1. The molecule has 2 heterocycles. The second-order valence-corrected chi connectivity index (χ2v) is 7.52. The van der Waals surface area contributed by atoms with Crippen molar-refractivity contribution >= 4 is 11.9 Å². The smallest absolute Gasteiger partial charge is 0.308 e. The van der Waals surface area contributed by atoms with Gasteiger partial charge in [-0.1, -0.05) is 13.8 Å². The van der Waals surface area contributed by atoms with E-state index >= 15 is 0 Å². The zero-order chi connectivity index (χ0) is 17.9. The summed E-state index contributed by atoms with van der Waals surface area (Å²) in [4.78, 5) is 29.0. The van der Waals surface area contributed by atoms with Crippen LogP contribution in [0.3, 0.4) is 0 Å². The minimum Gasteiger partial charge on any atom is -0.469 e. The lowest BCUT2D eigenvalue weighted by atomic mass is 9.94. The van der Waals surface area contributed by atoms with Gasteiger partial charge in [0.05, 0.1) is 31.3 Å². The molecule has 2 aliphatic heterocycles. The number of likely N-dealkylation sites (tertiary alicyclic amines) is 1. The van der Waals surface area contributed by atoms with Crippen LogP contribution in [0.4, 0.5) is 0 Å². The lowest BCUT2D eigenvalue weighted by Crippen LogP contribution is -2.58. The topological polar surface area (TPSA) is 59.1 Å². The van der Waals surface area contributed by atoms with Crippen LogP contribution in [-0.4, -0.2) is 73.2 Å². The van der Waals surface area contributed by atoms with E-state index in [9.17, 15) is 9.59 Å². The molecule has 6 heteroatoms. The number of nitrogens with zero attached hydrogens (tertiary/aromatic N) is 2. The Morgan fingerprint density at radius 1 is 1.08 bits per heavy atom. The van der Waals surface area contributed by atoms with Crippen molar-refractivity contribution in [3.8, 4) is 0 Å². The van der Waals surface area contributed by atoms with E-state index in [1.54, 1.807) is 0 Å². The van der Waals surface area contributed by atoms with Crippen molar-refractivity contribution in [2.24, 2.45) is 11.8 Å². The summed E-state index contributed by atoms with van der Waals surface area (Å²) in [6.07, 6.45) is 1.68. The monoisotopic (exact) mass is 340 g/mol. The molecule has 3 atom stereocenters. The second-order valence-electron chi connectivity index (χ2n) is 7.52. The molecule has 6 nitrogen and oxygen atoms in total. The highest BCUT2D eigenvalue weighted by Gasteiger charge is 2.38. The number of esters is 1. The van der Waals surface area contributed by atoms with Crippen LogP contribution in [0.5, 0.6) is 0 Å². The molecule has 0 bridgehead atoms. The van der Waals surface area contributed by atoms with E-state index in [1.165, 1.54) is 7.11 Å². The molecule has 3 unspecified atom stereocenters. The molecule has 0 radical (unpaired) electrons. The summed E-state index contributed by atoms with van der Waals surface area (Å²) in [6.45, 7) is 11.2. The van der Waals surface area contributed by atoms with Crippen molar-refractivity contribution in [1.29, 1.82) is 0 Å². The van der Waals surface area contributed by atoms with Crippen LogP contribution in [0.2, 0.25) is 0 Å². The van der Waals surface area contributed by atoms with Crippen LogP contribution in [0.25, 0.3) is 0 Å². The number of piperidine rings is 1. The number of methoxy groups -OCH3 is 1. The number of hydrogen-bond donors (Lipinski definition) is 0. The van der Waals surface area contributed by atoms with Crippen molar-refractivity contribution in [1.82, 2.24) is 9.80 Å². The average molecular weight is 340 g/mol. The third kappa shape index (κ3) is 4.48. The van der Waals surface area contributed by atoms with Crippen molar-refractivity contribution in [2.45, 2.75) is 58.8 Å². The number of hydrogen-bond acceptors (Lipinski definition) is 5. The number of carbonyl (C=O) groups is 2. The summed E-state index contributed by atoms with van der Waals surface area (Å²) in [7, 11) is 1.43. The maximum atomic E-state index is 13.1. The highest BCUT2D eigenvalue weighted by atomic mass is 16.5. The maximum Gasteiger partial charge on any atom is 0.308 e. The average Bonchev–Trinajstić information content (AvgIpc) is 2.53. The minimum absolute atomic E-state index is 0.0695. The largest absolute Gasteiger partial charge is 0.469 e. The molecule has 2 saturated heterocycles. The highest BCUT2D eigenvalue weighted by molar-refractivity contribution is 5.82. The van der Waals surface area contributed by atoms with Crippen LogP contribution in [-0.2, 0) is 19.1 Å². The fourth-order valence-electron chi connectivity index (χ4n) is 4.00. The first-order valence-electron chi connectivity index (χ1n) is 9.09. The van der Waals surface area contributed by atoms with Crippen molar-refractivity contribution < 1.29 is 19.1 Å². The Labute approximate surface area is 145 Å². The molecule has 138 valence electrons. The second kappa shape index (κ2) is 8.30. The first-order chi connectivity index (χ1) is 11.3. The Kier molecular flexibility index (Phi) is 6.63. The molecule has 0 aromatic carbocycles. The van der Waals surface area contributed by atoms with E-state index in [1.807, 2.05) is 4.90 Å². The van der Waals surface area contributed by atoms with E-state index in [0.29, 0.717) is 25.9 Å². The van der Waals surface area contributed by atoms with E-state index in [4.69, 9.17) is 9.47 Å². The van der Waals surface area contributed by atoms with E-state index < -0.39 is 0 Å². The molecule has 24 heavy (non-hydrogen) atoms. The predicted octanol–water partition coefficient (Wildman–Crippen LogP) is 1.53. The van der Waals surface area contributed by atoms with Gasteiger partial charge in [0.2, 0.25) is 5.91 Å². The number of rotatable bonds is 4. The molecule has 2 fully saturated rings. The van der Waals surface area contributed by atoms with Gasteiger partial charge < -0.3 is 14.4 Å². The number of morpholine rings is 1. The molecule has 0 aliphatic carbocycles. The Morgan fingerprint density at radius 3 is 2.08 bits per heavy atom.